The molecule has 3 N–H and O–H groups in total. The second-order valence-electron chi connectivity index (χ2n) is 12.7. The van der Waals surface area contributed by atoms with E-state index in [2.05, 4.69) is 41.8 Å². The minimum absolute atomic E-state index is 0.0427. The van der Waals surface area contributed by atoms with Crippen molar-refractivity contribution in [1.29, 1.82) is 0 Å². The lowest BCUT2D eigenvalue weighted by atomic mass is 9.96. The van der Waals surface area contributed by atoms with E-state index >= 15 is 0 Å². The van der Waals surface area contributed by atoms with Crippen molar-refractivity contribution in [2.75, 3.05) is 62.9 Å². The van der Waals surface area contributed by atoms with Gasteiger partial charge < -0.3 is 30.5 Å². The van der Waals surface area contributed by atoms with Crippen molar-refractivity contribution < 1.29 is 14.3 Å². The number of carbonyl (C=O) groups is 2. The van der Waals surface area contributed by atoms with Crippen molar-refractivity contribution in [3.05, 3.63) is 53.7 Å². The molecule has 0 radical (unpaired) electrons. The van der Waals surface area contributed by atoms with Gasteiger partial charge in [0.1, 0.15) is 0 Å². The van der Waals surface area contributed by atoms with Gasteiger partial charge in [0.05, 0.1) is 18.2 Å². The molecule has 2 aliphatic rings. The van der Waals surface area contributed by atoms with Crippen LogP contribution < -0.4 is 16.0 Å². The molecule has 12 heteroatoms. The number of likely N-dealkylation sites (tertiary alicyclic amines) is 1. The molecule has 242 valence electrons. The summed E-state index contributed by atoms with van der Waals surface area (Å²) in [4.78, 5) is 39.4. The molecule has 2 aromatic heterocycles. The van der Waals surface area contributed by atoms with E-state index in [1.165, 1.54) is 0 Å². The largest absolute Gasteiger partial charge is 0.381 e. The lowest BCUT2D eigenvalue weighted by Gasteiger charge is -2.31. The van der Waals surface area contributed by atoms with Crippen LogP contribution in [0, 0.1) is 5.92 Å². The van der Waals surface area contributed by atoms with Crippen LogP contribution in [-0.2, 0) is 14.3 Å². The van der Waals surface area contributed by atoms with Crippen LogP contribution in [0.3, 0.4) is 0 Å². The second-order valence-corrected chi connectivity index (χ2v) is 12.7. The molecule has 3 aromatic rings. The van der Waals surface area contributed by atoms with Gasteiger partial charge in [0.15, 0.2) is 5.65 Å². The highest BCUT2D eigenvalue weighted by molar-refractivity contribution is 5.94. The maximum Gasteiger partial charge on any atom is 0.246 e. The van der Waals surface area contributed by atoms with E-state index in [9.17, 15) is 9.59 Å². The van der Waals surface area contributed by atoms with Gasteiger partial charge in [-0.25, -0.2) is 0 Å². The topological polar surface area (TPSA) is 129 Å². The van der Waals surface area contributed by atoms with Crippen LogP contribution in [0.2, 0.25) is 0 Å². The molecule has 2 amide bonds. The zero-order valence-electron chi connectivity index (χ0n) is 27.1. The number of piperidine rings is 1. The molecule has 0 bridgehead atoms. The van der Waals surface area contributed by atoms with E-state index in [-0.39, 0.29) is 35.7 Å². The van der Waals surface area contributed by atoms with Crippen LogP contribution in [0.25, 0.3) is 5.65 Å². The summed E-state index contributed by atoms with van der Waals surface area (Å²) in [6.07, 6.45) is 8.71. The Balaban J connectivity index is 1.27. The fourth-order valence-corrected chi connectivity index (χ4v) is 5.75. The van der Waals surface area contributed by atoms with Crippen LogP contribution in [0.1, 0.15) is 69.5 Å². The predicted octanol–water partition coefficient (Wildman–Crippen LogP) is 4.31. The molecular formula is C33H47N9O3. The van der Waals surface area contributed by atoms with Gasteiger partial charge >= 0.3 is 0 Å². The number of rotatable bonds is 11. The summed E-state index contributed by atoms with van der Waals surface area (Å²) in [5.74, 6) is 1.05. The molecular weight excluding hydrogens is 570 g/mol. The van der Waals surface area contributed by atoms with Crippen LogP contribution in [0.4, 0.5) is 17.6 Å². The molecule has 45 heavy (non-hydrogen) atoms. The first-order chi connectivity index (χ1) is 21.7. The number of nitrogens with one attached hydrogen (secondary N) is 3. The second kappa shape index (κ2) is 14.8. The molecule has 0 spiro atoms. The first-order valence-corrected chi connectivity index (χ1v) is 16.1. The van der Waals surface area contributed by atoms with E-state index < -0.39 is 0 Å². The summed E-state index contributed by atoms with van der Waals surface area (Å²) in [6.45, 7) is 9.57. The van der Waals surface area contributed by atoms with Crippen molar-refractivity contribution in [1.82, 2.24) is 29.4 Å². The Morgan fingerprint density at radius 1 is 1.13 bits per heavy atom. The van der Waals surface area contributed by atoms with Crippen LogP contribution in [0.5, 0.6) is 0 Å². The molecule has 2 unspecified atom stereocenters. The smallest absolute Gasteiger partial charge is 0.246 e. The normalized spacial score (nSPS) is 18.6. The number of nitrogens with zero attached hydrogens (tertiary/aromatic N) is 6. The van der Waals surface area contributed by atoms with Gasteiger partial charge in [0.25, 0.3) is 0 Å². The summed E-state index contributed by atoms with van der Waals surface area (Å²) >= 11 is 0. The fraction of sp³-hybridized carbons (Fsp3) is 0.545. The van der Waals surface area contributed by atoms with Gasteiger partial charge in [-0.2, -0.15) is 19.6 Å². The van der Waals surface area contributed by atoms with Gasteiger partial charge in [0.2, 0.25) is 23.7 Å². The number of hydrogen-bond donors (Lipinski definition) is 3. The Hall–Kier alpha value is -4.03. The maximum absolute atomic E-state index is 13.3. The number of anilines is 3. The zero-order valence-corrected chi connectivity index (χ0v) is 27.1. The van der Waals surface area contributed by atoms with E-state index in [4.69, 9.17) is 14.7 Å². The van der Waals surface area contributed by atoms with Crippen molar-refractivity contribution in [3.63, 3.8) is 0 Å². The van der Waals surface area contributed by atoms with Crippen molar-refractivity contribution in [2.24, 2.45) is 5.92 Å². The molecule has 1 aromatic carbocycles. The Kier molecular flexibility index (Phi) is 10.7. The maximum atomic E-state index is 13.3. The lowest BCUT2D eigenvalue weighted by Crippen LogP contribution is -2.43. The van der Waals surface area contributed by atoms with Gasteiger partial charge in [0, 0.05) is 56.2 Å². The van der Waals surface area contributed by atoms with E-state index in [0.29, 0.717) is 31.5 Å². The highest BCUT2D eigenvalue weighted by Crippen LogP contribution is 2.27. The summed E-state index contributed by atoms with van der Waals surface area (Å²) in [5.41, 5.74) is 3.54. The summed E-state index contributed by atoms with van der Waals surface area (Å²) in [7, 11) is 3.92. The molecule has 5 rings (SSSR count). The summed E-state index contributed by atoms with van der Waals surface area (Å²) in [6, 6.07) is 7.95. The van der Waals surface area contributed by atoms with Crippen LogP contribution >= 0.6 is 0 Å². The summed E-state index contributed by atoms with van der Waals surface area (Å²) < 4.78 is 7.28. The van der Waals surface area contributed by atoms with Crippen molar-refractivity contribution in [3.8, 4) is 0 Å². The Labute approximate surface area is 265 Å². The average Bonchev–Trinajstić information content (AvgIpc) is 3.46. The highest BCUT2D eigenvalue weighted by Gasteiger charge is 2.28. The standard InChI is InChI=1S/C33H47N9O3/c1-22(2)28-20-34-42-30(28)38-32(37-26-13-17-45-18-14-26)39-33(42)35-23(3)24-9-6-11-27(19-24)36-31(44)25-10-7-16-41(21-25)29(43)12-8-15-40(4)5/h6,8-9,11-12,19-20,22-23,25-26H,7,10,13-18,21H2,1-5H3,(H,36,44)(H2,35,37,38,39). The molecule has 4 heterocycles. The Morgan fingerprint density at radius 2 is 1.93 bits per heavy atom. The molecule has 12 nitrogen and oxygen atoms in total. The number of ether oxygens (including phenoxy) is 1. The minimum atomic E-state index is -0.255. The number of hydrogen-bond acceptors (Lipinski definition) is 9. The first-order valence-electron chi connectivity index (χ1n) is 16.1. The van der Waals surface area contributed by atoms with E-state index in [0.717, 1.165) is 61.4 Å². The SMILES string of the molecule is CC(C)c1cnn2c(NC(C)c3cccc(NC(=O)C4CCCN(C(=O)C=CCN(C)C)C4)c3)nc(NC3CCOCC3)nc12. The first kappa shape index (κ1) is 32.4. The highest BCUT2D eigenvalue weighted by atomic mass is 16.5. The van der Waals surface area contributed by atoms with E-state index in [1.807, 2.05) is 55.5 Å². The number of amides is 2. The number of fused-ring (bicyclic) bond motifs is 1. The molecule has 0 aliphatic carbocycles. The quantitative estimate of drug-likeness (QED) is 0.270. The number of aromatic nitrogens is 4. The number of benzene rings is 1. The number of likely N-dealkylation sites (N-methyl/N-ethyl adjacent to an activating group) is 1. The third kappa shape index (κ3) is 8.37. The zero-order chi connectivity index (χ0) is 31.9. The fourth-order valence-electron chi connectivity index (χ4n) is 5.75. The Bertz CT molecular complexity index is 1500. The van der Waals surface area contributed by atoms with Gasteiger partial charge in [-0.15, -0.1) is 0 Å². The monoisotopic (exact) mass is 617 g/mol. The van der Waals surface area contributed by atoms with E-state index in [1.54, 1.807) is 15.5 Å². The van der Waals surface area contributed by atoms with Crippen molar-refractivity contribution in [2.45, 2.75) is 64.5 Å². The molecule has 2 fully saturated rings. The third-order valence-corrected chi connectivity index (χ3v) is 8.41. The molecule has 2 atom stereocenters. The van der Waals surface area contributed by atoms with Crippen LogP contribution in [-0.4, -0.2) is 94.2 Å². The number of carbonyl (C=O) groups excluding carboxylic acids is 2. The third-order valence-electron chi connectivity index (χ3n) is 8.41. The molecule has 0 saturated carbocycles. The van der Waals surface area contributed by atoms with Crippen molar-refractivity contribution >= 4 is 35.0 Å². The predicted molar refractivity (Wildman–Crippen MR) is 176 cm³/mol. The van der Waals surface area contributed by atoms with Gasteiger partial charge in [-0.05, 0) is 70.3 Å². The molecule has 2 saturated heterocycles. The average molecular weight is 618 g/mol. The van der Waals surface area contributed by atoms with Crippen LogP contribution in [0.15, 0.2) is 42.6 Å². The minimum Gasteiger partial charge on any atom is -0.381 e. The lowest BCUT2D eigenvalue weighted by molar-refractivity contribution is -0.130. The summed E-state index contributed by atoms with van der Waals surface area (Å²) in [5, 5.41) is 14.8. The molecule has 2 aliphatic heterocycles. The van der Waals surface area contributed by atoms with Gasteiger partial charge in [-0.1, -0.05) is 32.1 Å². The van der Waals surface area contributed by atoms with Gasteiger partial charge in [-0.3, -0.25) is 9.59 Å². The Morgan fingerprint density at radius 3 is 2.69 bits per heavy atom.